The Hall–Kier alpha value is -2.66. The number of carbonyl (C=O) groups excluding carboxylic acids is 1. The van der Waals surface area contributed by atoms with Crippen molar-refractivity contribution in [3.63, 3.8) is 0 Å². The summed E-state index contributed by atoms with van der Waals surface area (Å²) in [6.07, 6.45) is 3.67. The van der Waals surface area contributed by atoms with Crippen molar-refractivity contribution in [1.29, 1.82) is 0 Å². The van der Waals surface area contributed by atoms with Crippen LogP contribution in [0, 0.1) is 0 Å². The fourth-order valence-electron chi connectivity index (χ4n) is 2.72. The topological polar surface area (TPSA) is 50.7 Å². The number of nitrogens with zero attached hydrogens (tertiary/aromatic N) is 1. The number of ether oxygens (including phenoxy) is 1. The van der Waals surface area contributed by atoms with Gasteiger partial charge in [0.2, 0.25) is 0 Å². The van der Waals surface area contributed by atoms with Crippen molar-refractivity contribution >= 4 is 38.8 Å². The number of fused-ring (bicyclic) bond motifs is 1. The second-order valence-electron chi connectivity index (χ2n) is 6.11. The van der Waals surface area contributed by atoms with Gasteiger partial charge < -0.3 is 4.74 Å². The Morgan fingerprint density at radius 3 is 2.81 bits per heavy atom. The normalized spacial score (nSPS) is 11.0. The van der Waals surface area contributed by atoms with Crippen molar-refractivity contribution < 1.29 is 9.53 Å². The van der Waals surface area contributed by atoms with Crippen LogP contribution in [-0.4, -0.2) is 18.7 Å². The first-order chi connectivity index (χ1) is 13.2. The Bertz CT molecular complexity index is 964. The first kappa shape index (κ1) is 19.1. The predicted molar refractivity (Wildman–Crippen MR) is 114 cm³/mol. The summed E-state index contributed by atoms with van der Waals surface area (Å²) < 4.78 is 6.73. The van der Waals surface area contributed by atoms with Gasteiger partial charge in [-0.1, -0.05) is 65.7 Å². The molecule has 0 aliphatic rings. The number of hydrogen-bond acceptors (Lipinski definition) is 3. The minimum Gasteiger partial charge on any atom is -0.493 e. The van der Waals surface area contributed by atoms with Crippen molar-refractivity contribution in [3.05, 3.63) is 76.3 Å². The molecule has 0 unspecified atom stereocenters. The molecule has 0 bridgehead atoms. The highest BCUT2D eigenvalue weighted by Gasteiger charge is 2.09. The largest absolute Gasteiger partial charge is 0.493 e. The highest BCUT2D eigenvalue weighted by atomic mass is 79.9. The molecule has 3 rings (SSSR count). The zero-order valence-electron chi connectivity index (χ0n) is 15.1. The maximum absolute atomic E-state index is 12.5. The van der Waals surface area contributed by atoms with Crippen molar-refractivity contribution in [1.82, 2.24) is 5.43 Å². The Balaban J connectivity index is 1.75. The average molecular weight is 425 g/mol. The molecular weight excluding hydrogens is 404 g/mol. The molecule has 27 heavy (non-hydrogen) atoms. The van der Waals surface area contributed by atoms with Crippen molar-refractivity contribution in [3.8, 4) is 5.75 Å². The SMILES string of the molecule is CCCCOc1ccc(Br)cc1/C=N/NC(=O)c1cccc2ccccc12. The minimum absolute atomic E-state index is 0.244. The van der Waals surface area contributed by atoms with E-state index in [0.717, 1.165) is 39.4 Å². The van der Waals surface area contributed by atoms with Crippen molar-refractivity contribution in [2.24, 2.45) is 5.10 Å². The molecule has 0 radical (unpaired) electrons. The summed E-state index contributed by atoms with van der Waals surface area (Å²) in [7, 11) is 0. The van der Waals surface area contributed by atoms with E-state index in [0.29, 0.717) is 12.2 Å². The van der Waals surface area contributed by atoms with E-state index in [1.807, 2.05) is 54.6 Å². The molecule has 5 heteroatoms. The van der Waals surface area contributed by atoms with Gasteiger partial charge in [0.1, 0.15) is 5.75 Å². The van der Waals surface area contributed by atoms with Gasteiger partial charge in [-0.2, -0.15) is 5.10 Å². The molecule has 0 fully saturated rings. The summed E-state index contributed by atoms with van der Waals surface area (Å²) >= 11 is 3.46. The van der Waals surface area contributed by atoms with E-state index in [4.69, 9.17) is 4.74 Å². The van der Waals surface area contributed by atoms with Crippen LogP contribution in [0.1, 0.15) is 35.7 Å². The van der Waals surface area contributed by atoms with E-state index >= 15 is 0 Å². The van der Waals surface area contributed by atoms with Gasteiger partial charge in [-0.25, -0.2) is 5.43 Å². The molecule has 0 spiro atoms. The van der Waals surface area contributed by atoms with Crippen LogP contribution in [0.5, 0.6) is 5.75 Å². The van der Waals surface area contributed by atoms with E-state index in [-0.39, 0.29) is 5.91 Å². The van der Waals surface area contributed by atoms with Crippen LogP contribution in [0.3, 0.4) is 0 Å². The zero-order valence-corrected chi connectivity index (χ0v) is 16.7. The highest BCUT2D eigenvalue weighted by molar-refractivity contribution is 9.10. The third-order valence-corrected chi connectivity index (χ3v) is 4.62. The number of amides is 1. The van der Waals surface area contributed by atoms with Gasteiger partial charge in [-0.15, -0.1) is 0 Å². The van der Waals surface area contributed by atoms with E-state index in [2.05, 4.69) is 33.4 Å². The molecule has 3 aromatic rings. The second-order valence-corrected chi connectivity index (χ2v) is 7.03. The Morgan fingerprint density at radius 2 is 1.96 bits per heavy atom. The average Bonchev–Trinajstić information content (AvgIpc) is 2.69. The minimum atomic E-state index is -0.244. The van der Waals surface area contributed by atoms with Crippen LogP contribution in [0.2, 0.25) is 0 Å². The molecule has 1 N–H and O–H groups in total. The van der Waals surface area contributed by atoms with Gasteiger partial charge in [0.05, 0.1) is 12.8 Å². The quantitative estimate of drug-likeness (QED) is 0.307. The number of halogens is 1. The van der Waals surface area contributed by atoms with Gasteiger partial charge >= 0.3 is 0 Å². The molecule has 3 aromatic carbocycles. The molecular formula is C22H21BrN2O2. The van der Waals surface area contributed by atoms with Gasteiger partial charge in [-0.05, 0) is 41.5 Å². The molecule has 4 nitrogen and oxygen atoms in total. The fraction of sp³-hybridized carbons (Fsp3) is 0.182. The number of benzene rings is 3. The van der Waals surface area contributed by atoms with E-state index in [9.17, 15) is 4.79 Å². The molecule has 0 saturated heterocycles. The van der Waals surface area contributed by atoms with Gasteiger partial charge in [0, 0.05) is 15.6 Å². The predicted octanol–water partition coefficient (Wildman–Crippen LogP) is 5.55. The first-order valence-electron chi connectivity index (χ1n) is 8.92. The monoisotopic (exact) mass is 424 g/mol. The van der Waals surface area contributed by atoms with Crippen LogP contribution in [0.15, 0.2) is 70.2 Å². The molecule has 0 aromatic heterocycles. The zero-order chi connectivity index (χ0) is 19.1. The Morgan fingerprint density at radius 1 is 1.15 bits per heavy atom. The van der Waals surface area contributed by atoms with E-state index in [1.165, 1.54) is 0 Å². The van der Waals surface area contributed by atoms with Crippen LogP contribution < -0.4 is 10.2 Å². The smallest absolute Gasteiger partial charge is 0.271 e. The van der Waals surface area contributed by atoms with E-state index in [1.54, 1.807) is 12.3 Å². The Labute approximate surface area is 167 Å². The maximum Gasteiger partial charge on any atom is 0.271 e. The lowest BCUT2D eigenvalue weighted by Gasteiger charge is -2.09. The number of carbonyl (C=O) groups is 1. The summed E-state index contributed by atoms with van der Waals surface area (Å²) in [5, 5.41) is 6.05. The number of hydrogen-bond donors (Lipinski definition) is 1. The van der Waals surface area contributed by atoms with Gasteiger partial charge in [-0.3, -0.25) is 4.79 Å². The molecule has 0 heterocycles. The lowest BCUT2D eigenvalue weighted by Crippen LogP contribution is -2.18. The summed E-state index contributed by atoms with van der Waals surface area (Å²) in [4.78, 5) is 12.5. The summed E-state index contributed by atoms with van der Waals surface area (Å²) in [5.41, 5.74) is 4.01. The van der Waals surface area contributed by atoms with Crippen LogP contribution >= 0.6 is 15.9 Å². The van der Waals surface area contributed by atoms with Gasteiger partial charge in [0.15, 0.2) is 0 Å². The van der Waals surface area contributed by atoms with Crippen LogP contribution in [0.25, 0.3) is 10.8 Å². The second kappa shape index (κ2) is 9.33. The summed E-state index contributed by atoms with van der Waals surface area (Å²) in [6, 6.07) is 19.2. The fourth-order valence-corrected chi connectivity index (χ4v) is 3.10. The van der Waals surface area contributed by atoms with Crippen molar-refractivity contribution in [2.45, 2.75) is 19.8 Å². The Kier molecular flexibility index (Phi) is 6.60. The molecule has 0 saturated carbocycles. The molecule has 0 aliphatic heterocycles. The molecule has 0 atom stereocenters. The molecule has 1 amide bonds. The maximum atomic E-state index is 12.5. The van der Waals surface area contributed by atoms with Crippen molar-refractivity contribution in [2.75, 3.05) is 6.61 Å². The summed E-state index contributed by atoms with van der Waals surface area (Å²) in [6.45, 7) is 2.78. The van der Waals surface area contributed by atoms with Crippen LogP contribution in [0.4, 0.5) is 0 Å². The van der Waals surface area contributed by atoms with Crippen LogP contribution in [-0.2, 0) is 0 Å². The van der Waals surface area contributed by atoms with E-state index < -0.39 is 0 Å². The highest BCUT2D eigenvalue weighted by Crippen LogP contribution is 2.22. The third-order valence-electron chi connectivity index (χ3n) is 4.13. The number of unbranched alkanes of at least 4 members (excludes halogenated alkanes) is 1. The lowest BCUT2D eigenvalue weighted by molar-refractivity contribution is 0.0957. The van der Waals surface area contributed by atoms with Gasteiger partial charge in [0.25, 0.3) is 5.91 Å². The molecule has 138 valence electrons. The first-order valence-corrected chi connectivity index (χ1v) is 9.72. The number of rotatable bonds is 7. The number of hydrazone groups is 1. The third kappa shape index (κ3) is 4.95. The standard InChI is InChI=1S/C22H21BrN2O2/c1-2-3-13-27-21-12-11-18(23)14-17(21)15-24-25-22(26)20-10-6-8-16-7-4-5-9-19(16)20/h4-12,14-15H,2-3,13H2,1H3,(H,25,26)/b24-15+. The number of nitrogens with one attached hydrogen (secondary N) is 1. The summed E-state index contributed by atoms with van der Waals surface area (Å²) in [5.74, 6) is 0.501. The molecule has 0 aliphatic carbocycles. The lowest BCUT2D eigenvalue weighted by atomic mass is 10.0.